The molecule has 0 unspecified atom stereocenters. The average Bonchev–Trinajstić information content (AvgIpc) is 2.37. The number of alkyl carbamates (subject to hydrolysis) is 1. The molecule has 0 heterocycles. The van der Waals surface area contributed by atoms with Gasteiger partial charge in [-0.15, -0.1) is 0 Å². The van der Waals surface area contributed by atoms with E-state index in [4.69, 9.17) is 4.74 Å². The van der Waals surface area contributed by atoms with Gasteiger partial charge in [0.1, 0.15) is 12.2 Å². The summed E-state index contributed by atoms with van der Waals surface area (Å²) in [4.78, 5) is 32.4. The van der Waals surface area contributed by atoms with Crippen molar-refractivity contribution in [2.24, 2.45) is 0 Å². The topological polar surface area (TPSA) is 81.7 Å². The maximum Gasteiger partial charge on any atom is 0.407 e. The lowest BCUT2D eigenvalue weighted by Crippen LogP contribution is -2.32. The van der Waals surface area contributed by atoms with E-state index in [1.807, 2.05) is 20.8 Å². The Bertz CT molecular complexity index is 323. The molecule has 0 rings (SSSR count). The molecular formula is C15H27NO5. The van der Waals surface area contributed by atoms with E-state index < -0.39 is 5.60 Å². The SMILES string of the molecule is CC(C)(C)OC(=O)NCCCCCCCC(=O)OCC=O. The summed E-state index contributed by atoms with van der Waals surface area (Å²) in [6.45, 7) is 5.91. The molecule has 0 aromatic rings. The molecule has 0 aliphatic carbocycles. The molecule has 0 bridgehead atoms. The number of hydrogen-bond acceptors (Lipinski definition) is 5. The average molecular weight is 301 g/mol. The first-order valence-electron chi connectivity index (χ1n) is 7.41. The highest BCUT2D eigenvalue weighted by Crippen LogP contribution is 2.07. The molecule has 6 nitrogen and oxygen atoms in total. The molecule has 21 heavy (non-hydrogen) atoms. The van der Waals surface area contributed by atoms with Crippen LogP contribution in [0, 0.1) is 0 Å². The van der Waals surface area contributed by atoms with Gasteiger partial charge in [-0.2, -0.15) is 0 Å². The second-order valence-electron chi connectivity index (χ2n) is 5.80. The number of esters is 1. The molecule has 0 atom stereocenters. The largest absolute Gasteiger partial charge is 0.458 e. The van der Waals surface area contributed by atoms with Gasteiger partial charge in [-0.05, 0) is 33.6 Å². The van der Waals surface area contributed by atoms with Gasteiger partial charge in [0.05, 0.1) is 0 Å². The van der Waals surface area contributed by atoms with Gasteiger partial charge < -0.3 is 14.8 Å². The highest BCUT2D eigenvalue weighted by atomic mass is 16.6. The van der Waals surface area contributed by atoms with Crippen molar-refractivity contribution in [3.63, 3.8) is 0 Å². The van der Waals surface area contributed by atoms with Crippen LogP contribution in [0.15, 0.2) is 0 Å². The van der Waals surface area contributed by atoms with E-state index in [1.165, 1.54) is 0 Å². The predicted octanol–water partition coefficient (Wildman–Crippen LogP) is 2.59. The summed E-state index contributed by atoms with van der Waals surface area (Å²) in [5, 5.41) is 2.70. The van der Waals surface area contributed by atoms with Crippen LogP contribution in [-0.4, -0.2) is 37.1 Å². The zero-order chi connectivity index (χ0) is 16.1. The number of hydrogen-bond donors (Lipinski definition) is 1. The third kappa shape index (κ3) is 14.6. The van der Waals surface area contributed by atoms with Gasteiger partial charge in [0.2, 0.25) is 0 Å². The van der Waals surface area contributed by atoms with E-state index in [0.717, 1.165) is 32.1 Å². The Hall–Kier alpha value is -1.59. The zero-order valence-electron chi connectivity index (χ0n) is 13.3. The lowest BCUT2D eigenvalue weighted by Gasteiger charge is -2.19. The lowest BCUT2D eigenvalue weighted by atomic mass is 10.1. The Labute approximate surface area is 126 Å². The van der Waals surface area contributed by atoms with Crippen molar-refractivity contribution >= 4 is 18.3 Å². The number of aldehydes is 1. The van der Waals surface area contributed by atoms with Gasteiger partial charge in [0.25, 0.3) is 0 Å². The van der Waals surface area contributed by atoms with Gasteiger partial charge in [0, 0.05) is 13.0 Å². The van der Waals surface area contributed by atoms with Crippen molar-refractivity contribution < 1.29 is 23.9 Å². The first-order chi connectivity index (χ1) is 9.85. The number of carbonyl (C=O) groups excluding carboxylic acids is 3. The number of ether oxygens (including phenoxy) is 2. The Balaban J connectivity index is 3.35. The van der Waals surface area contributed by atoms with Crippen LogP contribution in [0.5, 0.6) is 0 Å². The van der Waals surface area contributed by atoms with Crippen LogP contribution < -0.4 is 5.32 Å². The van der Waals surface area contributed by atoms with Crippen LogP contribution in [0.1, 0.15) is 59.3 Å². The van der Waals surface area contributed by atoms with E-state index in [-0.39, 0.29) is 18.7 Å². The summed E-state index contributed by atoms with van der Waals surface area (Å²) in [6.07, 6.45) is 5.09. The number of nitrogens with one attached hydrogen (secondary N) is 1. The third-order valence-corrected chi connectivity index (χ3v) is 2.54. The van der Waals surface area contributed by atoms with E-state index >= 15 is 0 Å². The van der Waals surface area contributed by atoms with Gasteiger partial charge in [0.15, 0.2) is 6.29 Å². The van der Waals surface area contributed by atoms with Gasteiger partial charge in [-0.25, -0.2) is 4.79 Å². The molecular weight excluding hydrogens is 274 g/mol. The van der Waals surface area contributed by atoms with Crippen LogP contribution in [0.25, 0.3) is 0 Å². The molecule has 6 heteroatoms. The Morgan fingerprint density at radius 1 is 1.05 bits per heavy atom. The minimum atomic E-state index is -0.470. The molecule has 0 aliphatic rings. The second-order valence-corrected chi connectivity index (χ2v) is 5.80. The summed E-state index contributed by atoms with van der Waals surface area (Å²) in [6, 6.07) is 0. The maximum atomic E-state index is 11.3. The van der Waals surface area contributed by atoms with Crippen molar-refractivity contribution in [3.8, 4) is 0 Å². The molecule has 1 amide bonds. The van der Waals surface area contributed by atoms with E-state index in [9.17, 15) is 14.4 Å². The fourth-order valence-corrected chi connectivity index (χ4v) is 1.63. The molecule has 0 saturated heterocycles. The summed E-state index contributed by atoms with van der Waals surface area (Å²) in [5.41, 5.74) is -0.470. The van der Waals surface area contributed by atoms with Crippen LogP contribution in [-0.2, 0) is 19.1 Å². The fraction of sp³-hybridized carbons (Fsp3) is 0.800. The molecule has 0 fully saturated rings. The first-order valence-corrected chi connectivity index (χ1v) is 7.41. The van der Waals surface area contributed by atoms with Gasteiger partial charge >= 0.3 is 12.1 Å². The third-order valence-electron chi connectivity index (χ3n) is 2.54. The number of unbranched alkanes of at least 4 members (excludes halogenated alkanes) is 4. The van der Waals surface area contributed by atoms with Gasteiger partial charge in [-0.3, -0.25) is 9.59 Å². The van der Waals surface area contributed by atoms with E-state index in [0.29, 0.717) is 19.3 Å². The summed E-state index contributed by atoms with van der Waals surface area (Å²) >= 11 is 0. The van der Waals surface area contributed by atoms with Crippen molar-refractivity contribution in [2.75, 3.05) is 13.2 Å². The Kier molecular flexibility index (Phi) is 10.3. The lowest BCUT2D eigenvalue weighted by molar-refractivity contribution is -0.145. The van der Waals surface area contributed by atoms with Crippen molar-refractivity contribution in [1.82, 2.24) is 5.32 Å². The summed E-state index contributed by atoms with van der Waals surface area (Å²) < 4.78 is 9.75. The van der Waals surface area contributed by atoms with Crippen LogP contribution >= 0.6 is 0 Å². The van der Waals surface area contributed by atoms with Crippen LogP contribution in [0.3, 0.4) is 0 Å². The van der Waals surface area contributed by atoms with Crippen LogP contribution in [0.2, 0.25) is 0 Å². The molecule has 0 spiro atoms. The Morgan fingerprint density at radius 2 is 1.67 bits per heavy atom. The highest BCUT2D eigenvalue weighted by molar-refractivity contribution is 5.71. The molecule has 122 valence electrons. The predicted molar refractivity (Wildman–Crippen MR) is 79.0 cm³/mol. The molecule has 1 N–H and O–H groups in total. The molecule has 0 aliphatic heterocycles. The monoisotopic (exact) mass is 301 g/mol. The van der Waals surface area contributed by atoms with Crippen molar-refractivity contribution in [3.05, 3.63) is 0 Å². The summed E-state index contributed by atoms with van der Waals surface area (Å²) in [5.74, 6) is -0.325. The maximum absolute atomic E-state index is 11.3. The second kappa shape index (κ2) is 11.1. The van der Waals surface area contributed by atoms with Gasteiger partial charge in [-0.1, -0.05) is 19.3 Å². The highest BCUT2D eigenvalue weighted by Gasteiger charge is 2.15. The standard InChI is InChI=1S/C15H27NO5/c1-15(2,3)21-14(19)16-10-8-6-4-5-7-9-13(18)20-12-11-17/h11H,4-10,12H2,1-3H3,(H,16,19). The zero-order valence-corrected chi connectivity index (χ0v) is 13.3. The number of carbonyl (C=O) groups is 3. The minimum absolute atomic E-state index is 0.158. The van der Waals surface area contributed by atoms with Crippen molar-refractivity contribution in [2.45, 2.75) is 64.9 Å². The Morgan fingerprint density at radius 3 is 2.29 bits per heavy atom. The minimum Gasteiger partial charge on any atom is -0.458 e. The fourth-order valence-electron chi connectivity index (χ4n) is 1.63. The normalized spacial score (nSPS) is 10.8. The van der Waals surface area contributed by atoms with E-state index in [2.05, 4.69) is 10.1 Å². The molecule has 0 aromatic carbocycles. The van der Waals surface area contributed by atoms with E-state index in [1.54, 1.807) is 0 Å². The smallest absolute Gasteiger partial charge is 0.407 e. The molecule has 0 radical (unpaired) electrons. The number of amides is 1. The quantitative estimate of drug-likeness (QED) is 0.381. The molecule has 0 aromatic heterocycles. The first kappa shape index (κ1) is 19.4. The summed E-state index contributed by atoms with van der Waals surface area (Å²) in [7, 11) is 0. The van der Waals surface area contributed by atoms with Crippen molar-refractivity contribution in [1.29, 1.82) is 0 Å². The molecule has 0 saturated carbocycles. The van der Waals surface area contributed by atoms with Crippen LogP contribution in [0.4, 0.5) is 4.79 Å². The number of rotatable bonds is 10.